The first kappa shape index (κ1) is 21.8. The van der Waals surface area contributed by atoms with Crippen LogP contribution in [0.3, 0.4) is 0 Å². The van der Waals surface area contributed by atoms with Crippen molar-refractivity contribution in [1.29, 1.82) is 0 Å². The fourth-order valence-corrected chi connectivity index (χ4v) is 2.43. The van der Waals surface area contributed by atoms with Gasteiger partial charge in [0, 0.05) is 19.6 Å². The fraction of sp³-hybridized carbons (Fsp3) is 0.389. The van der Waals surface area contributed by atoms with Crippen molar-refractivity contribution in [2.24, 2.45) is 0 Å². The van der Waals surface area contributed by atoms with E-state index in [4.69, 9.17) is 33.7 Å². The van der Waals surface area contributed by atoms with E-state index in [-0.39, 0.29) is 0 Å². The van der Waals surface area contributed by atoms with E-state index in [1.54, 1.807) is 32.9 Å². The van der Waals surface area contributed by atoms with Gasteiger partial charge in [-0.3, -0.25) is 0 Å². The predicted molar refractivity (Wildman–Crippen MR) is 113 cm³/mol. The van der Waals surface area contributed by atoms with Gasteiger partial charge in [0.15, 0.2) is 5.82 Å². The van der Waals surface area contributed by atoms with Gasteiger partial charge in [-0.05, 0) is 38.5 Å². The van der Waals surface area contributed by atoms with Crippen molar-refractivity contribution in [2.45, 2.75) is 32.9 Å². The number of carbonyl (C=O) groups excluding carboxylic acids is 1. The van der Waals surface area contributed by atoms with E-state index in [1.165, 1.54) is 6.20 Å². The highest BCUT2D eigenvalue weighted by Gasteiger charge is 2.15. The van der Waals surface area contributed by atoms with Gasteiger partial charge >= 0.3 is 6.09 Å². The van der Waals surface area contributed by atoms with Crippen LogP contribution in [0.15, 0.2) is 24.4 Å². The van der Waals surface area contributed by atoms with Crippen molar-refractivity contribution >= 4 is 46.7 Å². The monoisotopic (exact) mass is 426 g/mol. The van der Waals surface area contributed by atoms with E-state index in [1.807, 2.05) is 6.07 Å². The van der Waals surface area contributed by atoms with Crippen molar-refractivity contribution in [3.63, 3.8) is 0 Å². The van der Waals surface area contributed by atoms with E-state index in [9.17, 15) is 4.79 Å². The molecule has 0 spiro atoms. The number of ether oxygens (including phenoxy) is 1. The number of carbonyl (C=O) groups is 1. The summed E-state index contributed by atoms with van der Waals surface area (Å²) in [5.74, 6) is 0.875. The minimum Gasteiger partial charge on any atom is -0.444 e. The molecule has 8 nitrogen and oxygen atoms in total. The molecule has 0 aliphatic rings. The maximum atomic E-state index is 11.6. The van der Waals surface area contributed by atoms with Crippen LogP contribution >= 0.6 is 23.2 Å². The Kier molecular flexibility index (Phi) is 7.53. The number of aromatic nitrogens is 2. The molecule has 0 fully saturated rings. The Morgan fingerprint density at radius 3 is 2.61 bits per heavy atom. The molecular formula is C18H24Cl2N6O2. The lowest BCUT2D eigenvalue weighted by Crippen LogP contribution is -2.35. The molecule has 28 heavy (non-hydrogen) atoms. The highest BCUT2D eigenvalue weighted by molar-refractivity contribution is 6.42. The van der Waals surface area contributed by atoms with Gasteiger partial charge in [-0.2, -0.15) is 4.98 Å². The number of nitrogens with one attached hydrogen (secondary N) is 3. The fourth-order valence-electron chi connectivity index (χ4n) is 2.11. The average molecular weight is 427 g/mol. The number of halogens is 2. The smallest absolute Gasteiger partial charge is 0.407 e. The molecule has 152 valence electrons. The molecule has 1 aromatic heterocycles. The Balaban J connectivity index is 1.85. The SMILES string of the molecule is CC(C)(C)OC(=O)NCCNc1nc(NCc2ccc(Cl)c(Cl)c2)ncc1N. The molecule has 1 aromatic carbocycles. The van der Waals surface area contributed by atoms with Crippen molar-refractivity contribution in [1.82, 2.24) is 15.3 Å². The number of anilines is 3. The second kappa shape index (κ2) is 9.66. The zero-order valence-electron chi connectivity index (χ0n) is 16.0. The quantitative estimate of drug-likeness (QED) is 0.496. The number of hydrogen-bond acceptors (Lipinski definition) is 7. The summed E-state index contributed by atoms with van der Waals surface area (Å²) < 4.78 is 5.17. The molecule has 0 aliphatic carbocycles. The van der Waals surface area contributed by atoms with Gasteiger partial charge in [0.1, 0.15) is 5.60 Å². The Morgan fingerprint density at radius 2 is 1.93 bits per heavy atom. The molecule has 0 atom stereocenters. The Bertz CT molecular complexity index is 826. The van der Waals surface area contributed by atoms with E-state index in [0.29, 0.717) is 47.1 Å². The molecule has 0 saturated heterocycles. The number of rotatable bonds is 7. The standard InChI is InChI=1S/C18H24Cl2N6O2/c1-18(2,3)28-17(27)23-7-6-22-15-14(21)10-25-16(26-15)24-9-11-4-5-12(19)13(20)8-11/h4-5,8,10H,6-7,9,21H2,1-3H3,(H,23,27)(H2,22,24,25,26). The highest BCUT2D eigenvalue weighted by atomic mass is 35.5. The summed E-state index contributed by atoms with van der Waals surface area (Å²) in [6.45, 7) is 6.66. The molecule has 0 bridgehead atoms. The Labute approximate surface area is 174 Å². The van der Waals surface area contributed by atoms with Crippen LogP contribution in [0.5, 0.6) is 0 Å². The summed E-state index contributed by atoms with van der Waals surface area (Å²) in [4.78, 5) is 20.1. The minimum absolute atomic E-state index is 0.352. The summed E-state index contributed by atoms with van der Waals surface area (Å²) in [6, 6.07) is 5.37. The normalized spacial score (nSPS) is 11.0. The third kappa shape index (κ3) is 7.28. The number of benzene rings is 1. The van der Waals surface area contributed by atoms with Gasteiger partial charge in [0.25, 0.3) is 0 Å². The Morgan fingerprint density at radius 1 is 1.18 bits per heavy atom. The molecule has 1 heterocycles. The van der Waals surface area contributed by atoms with Crippen LogP contribution in [0, 0.1) is 0 Å². The van der Waals surface area contributed by atoms with Crippen LogP contribution in [0.4, 0.5) is 22.2 Å². The third-order valence-electron chi connectivity index (χ3n) is 3.34. The highest BCUT2D eigenvalue weighted by Crippen LogP contribution is 2.23. The molecule has 0 aliphatic heterocycles. The second-order valence-corrected chi connectivity index (χ2v) is 7.77. The van der Waals surface area contributed by atoms with Crippen LogP contribution in [0.1, 0.15) is 26.3 Å². The van der Waals surface area contributed by atoms with Crippen molar-refractivity contribution in [3.8, 4) is 0 Å². The summed E-state index contributed by atoms with van der Waals surface area (Å²) in [5, 5.41) is 9.80. The van der Waals surface area contributed by atoms with Crippen LogP contribution < -0.4 is 21.7 Å². The van der Waals surface area contributed by atoms with Gasteiger partial charge in [-0.25, -0.2) is 9.78 Å². The summed E-state index contributed by atoms with van der Waals surface area (Å²) in [5.41, 5.74) is 6.70. The van der Waals surface area contributed by atoms with E-state index < -0.39 is 11.7 Å². The largest absolute Gasteiger partial charge is 0.444 e. The number of nitrogens with two attached hydrogens (primary N) is 1. The van der Waals surface area contributed by atoms with E-state index >= 15 is 0 Å². The molecule has 5 N–H and O–H groups in total. The lowest BCUT2D eigenvalue weighted by molar-refractivity contribution is 0.0530. The van der Waals surface area contributed by atoms with Gasteiger partial charge in [0.2, 0.25) is 5.95 Å². The first-order valence-electron chi connectivity index (χ1n) is 8.65. The van der Waals surface area contributed by atoms with Gasteiger partial charge in [-0.15, -0.1) is 0 Å². The lowest BCUT2D eigenvalue weighted by atomic mass is 10.2. The maximum Gasteiger partial charge on any atom is 0.407 e. The number of nitrogens with zero attached hydrogens (tertiary/aromatic N) is 2. The molecule has 2 rings (SSSR count). The molecule has 1 amide bonds. The van der Waals surface area contributed by atoms with E-state index in [0.717, 1.165) is 5.56 Å². The topological polar surface area (TPSA) is 114 Å². The molecule has 0 radical (unpaired) electrons. The molecular weight excluding hydrogens is 403 g/mol. The van der Waals surface area contributed by atoms with Crippen LogP contribution in [0.2, 0.25) is 10.0 Å². The number of hydrogen-bond donors (Lipinski definition) is 4. The average Bonchev–Trinajstić information content (AvgIpc) is 2.60. The summed E-state index contributed by atoms with van der Waals surface area (Å²) >= 11 is 11.9. The second-order valence-electron chi connectivity index (χ2n) is 6.96. The van der Waals surface area contributed by atoms with Crippen LogP contribution in [-0.4, -0.2) is 34.8 Å². The van der Waals surface area contributed by atoms with Gasteiger partial charge in [-0.1, -0.05) is 29.3 Å². The number of alkyl carbamates (subject to hydrolysis) is 1. The zero-order valence-corrected chi connectivity index (χ0v) is 17.5. The number of nitrogen functional groups attached to an aromatic ring is 1. The zero-order chi connectivity index (χ0) is 20.7. The minimum atomic E-state index is -0.538. The van der Waals surface area contributed by atoms with Crippen LogP contribution in [-0.2, 0) is 11.3 Å². The third-order valence-corrected chi connectivity index (χ3v) is 4.08. The molecule has 2 aromatic rings. The first-order valence-corrected chi connectivity index (χ1v) is 9.40. The van der Waals surface area contributed by atoms with Crippen LogP contribution in [0.25, 0.3) is 0 Å². The molecule has 0 unspecified atom stereocenters. The van der Waals surface area contributed by atoms with Crippen molar-refractivity contribution < 1.29 is 9.53 Å². The summed E-state index contributed by atoms with van der Waals surface area (Å²) in [6.07, 6.45) is 1.03. The van der Waals surface area contributed by atoms with Gasteiger partial charge < -0.3 is 26.4 Å². The predicted octanol–water partition coefficient (Wildman–Crippen LogP) is 3.91. The van der Waals surface area contributed by atoms with Crippen molar-refractivity contribution in [3.05, 3.63) is 40.0 Å². The lowest BCUT2D eigenvalue weighted by Gasteiger charge is -2.19. The molecule has 10 heteroatoms. The summed E-state index contributed by atoms with van der Waals surface area (Å²) in [7, 11) is 0. The first-order chi connectivity index (χ1) is 13.1. The van der Waals surface area contributed by atoms with Gasteiger partial charge in [0.05, 0.1) is 21.9 Å². The number of amides is 1. The Hall–Kier alpha value is -2.45. The maximum absolute atomic E-state index is 11.6. The van der Waals surface area contributed by atoms with E-state index in [2.05, 4.69) is 25.9 Å². The van der Waals surface area contributed by atoms with Crippen molar-refractivity contribution in [2.75, 3.05) is 29.5 Å². The molecule has 0 saturated carbocycles.